The summed E-state index contributed by atoms with van der Waals surface area (Å²) in [5.74, 6) is -0.648. The van der Waals surface area contributed by atoms with Crippen LogP contribution in [-0.4, -0.2) is 40.5 Å². The SMILES string of the molecule is CCCCOc1ccc(C2C(C(=O)c3sc(C)nc3C)=C(O)C(=O)N2c2nccs2)cc1OC. The van der Waals surface area contributed by atoms with Crippen molar-refractivity contribution >= 4 is 39.5 Å². The van der Waals surface area contributed by atoms with Crippen LogP contribution in [0.1, 0.15) is 51.7 Å². The van der Waals surface area contributed by atoms with Gasteiger partial charge in [-0.1, -0.05) is 19.4 Å². The molecule has 4 rings (SSSR count). The smallest absolute Gasteiger partial charge is 0.296 e. The van der Waals surface area contributed by atoms with E-state index in [1.165, 1.54) is 34.7 Å². The van der Waals surface area contributed by atoms with Gasteiger partial charge < -0.3 is 14.6 Å². The minimum absolute atomic E-state index is 0.00588. The predicted molar refractivity (Wildman–Crippen MR) is 131 cm³/mol. The first-order valence-electron chi connectivity index (χ1n) is 10.8. The van der Waals surface area contributed by atoms with Crippen molar-refractivity contribution in [3.63, 3.8) is 0 Å². The van der Waals surface area contributed by atoms with E-state index in [4.69, 9.17) is 9.47 Å². The maximum absolute atomic E-state index is 13.6. The molecule has 1 aliphatic rings. The lowest BCUT2D eigenvalue weighted by Crippen LogP contribution is -2.31. The van der Waals surface area contributed by atoms with Crippen molar-refractivity contribution in [2.45, 2.75) is 39.7 Å². The molecule has 1 aliphatic heterocycles. The van der Waals surface area contributed by atoms with Crippen molar-refractivity contribution in [1.82, 2.24) is 9.97 Å². The Balaban J connectivity index is 1.82. The van der Waals surface area contributed by atoms with Crippen LogP contribution in [0.5, 0.6) is 11.5 Å². The fourth-order valence-electron chi connectivity index (χ4n) is 3.85. The molecule has 34 heavy (non-hydrogen) atoms. The van der Waals surface area contributed by atoms with Gasteiger partial charge >= 0.3 is 0 Å². The number of aliphatic hydroxyl groups is 1. The largest absolute Gasteiger partial charge is 0.503 e. The Morgan fingerprint density at radius 2 is 2.06 bits per heavy atom. The average molecular weight is 500 g/mol. The second kappa shape index (κ2) is 9.94. The topological polar surface area (TPSA) is 102 Å². The van der Waals surface area contributed by atoms with Gasteiger partial charge in [0.05, 0.1) is 40.9 Å². The molecule has 3 aromatic rings. The number of anilines is 1. The average Bonchev–Trinajstić information content (AvgIpc) is 3.53. The van der Waals surface area contributed by atoms with Crippen LogP contribution in [0.3, 0.4) is 0 Å². The Kier molecular flexibility index (Phi) is 6.99. The third-order valence-electron chi connectivity index (χ3n) is 5.45. The molecule has 1 aromatic carbocycles. The molecule has 1 amide bonds. The second-order valence-electron chi connectivity index (χ2n) is 7.74. The van der Waals surface area contributed by atoms with Crippen molar-refractivity contribution in [1.29, 1.82) is 0 Å². The molecule has 10 heteroatoms. The molecule has 0 saturated carbocycles. The van der Waals surface area contributed by atoms with Crippen molar-refractivity contribution < 1.29 is 24.2 Å². The van der Waals surface area contributed by atoms with E-state index >= 15 is 0 Å². The Labute approximate surface area is 205 Å². The minimum Gasteiger partial charge on any atom is -0.503 e. The molecule has 0 aliphatic carbocycles. The van der Waals surface area contributed by atoms with E-state index in [2.05, 4.69) is 16.9 Å². The number of carbonyl (C=O) groups is 2. The van der Waals surface area contributed by atoms with Crippen LogP contribution < -0.4 is 14.4 Å². The number of ether oxygens (including phenoxy) is 2. The monoisotopic (exact) mass is 499 g/mol. The van der Waals surface area contributed by atoms with Gasteiger partial charge in [0.15, 0.2) is 22.4 Å². The maximum Gasteiger partial charge on any atom is 0.296 e. The molecule has 0 saturated heterocycles. The lowest BCUT2D eigenvalue weighted by molar-refractivity contribution is -0.117. The van der Waals surface area contributed by atoms with Crippen molar-refractivity contribution in [2.24, 2.45) is 0 Å². The number of Topliss-reactive ketones (excluding diaryl/α,β-unsaturated/α-hetero) is 1. The lowest BCUT2D eigenvalue weighted by atomic mass is 9.95. The van der Waals surface area contributed by atoms with Gasteiger partial charge in [-0.05, 0) is 38.0 Å². The number of rotatable bonds is 9. The van der Waals surface area contributed by atoms with E-state index in [0.29, 0.717) is 39.4 Å². The fraction of sp³-hybridized carbons (Fsp3) is 0.333. The summed E-state index contributed by atoms with van der Waals surface area (Å²) in [4.78, 5) is 37.2. The lowest BCUT2D eigenvalue weighted by Gasteiger charge is -2.25. The van der Waals surface area contributed by atoms with E-state index in [-0.39, 0.29) is 5.57 Å². The van der Waals surface area contributed by atoms with Gasteiger partial charge in [-0.25, -0.2) is 9.97 Å². The molecule has 1 N–H and O–H groups in total. The van der Waals surface area contributed by atoms with E-state index in [1.54, 1.807) is 36.7 Å². The molecule has 0 fully saturated rings. The Hall–Kier alpha value is -3.24. The molecule has 0 bridgehead atoms. The zero-order valence-corrected chi connectivity index (χ0v) is 21.0. The van der Waals surface area contributed by atoms with E-state index in [1.807, 2.05) is 6.92 Å². The molecular formula is C24H25N3O5S2. The van der Waals surface area contributed by atoms with Crippen LogP contribution in [-0.2, 0) is 4.79 Å². The number of aromatic nitrogens is 2. The highest BCUT2D eigenvalue weighted by molar-refractivity contribution is 7.14. The first-order chi connectivity index (χ1) is 16.4. The number of ketones is 1. The highest BCUT2D eigenvalue weighted by Crippen LogP contribution is 2.45. The summed E-state index contributed by atoms with van der Waals surface area (Å²) in [6, 6.07) is 4.38. The van der Waals surface area contributed by atoms with Crippen molar-refractivity contribution in [2.75, 3.05) is 18.6 Å². The molecular weight excluding hydrogens is 474 g/mol. The highest BCUT2D eigenvalue weighted by atomic mass is 32.1. The zero-order chi connectivity index (χ0) is 24.4. The number of amides is 1. The summed E-state index contributed by atoms with van der Waals surface area (Å²) < 4.78 is 11.4. The molecule has 3 heterocycles. The van der Waals surface area contributed by atoms with Crippen LogP contribution in [0.4, 0.5) is 5.13 Å². The molecule has 0 spiro atoms. The number of unbranched alkanes of at least 4 members (excludes halogenated alkanes) is 1. The number of methoxy groups -OCH3 is 1. The zero-order valence-electron chi connectivity index (χ0n) is 19.3. The van der Waals surface area contributed by atoms with Gasteiger partial charge in [-0.15, -0.1) is 22.7 Å². The quantitative estimate of drug-likeness (QED) is 0.319. The summed E-state index contributed by atoms with van der Waals surface area (Å²) in [5.41, 5.74) is 1.15. The number of aryl methyl sites for hydroxylation is 2. The van der Waals surface area contributed by atoms with Gasteiger partial charge in [0.25, 0.3) is 5.91 Å². The van der Waals surface area contributed by atoms with Gasteiger partial charge in [0.1, 0.15) is 0 Å². The Morgan fingerprint density at radius 3 is 2.68 bits per heavy atom. The van der Waals surface area contributed by atoms with Gasteiger partial charge in [0, 0.05) is 11.6 Å². The van der Waals surface area contributed by atoms with E-state index < -0.39 is 23.5 Å². The van der Waals surface area contributed by atoms with Crippen LogP contribution in [0.2, 0.25) is 0 Å². The summed E-state index contributed by atoms with van der Waals surface area (Å²) in [7, 11) is 1.53. The molecule has 2 aromatic heterocycles. The van der Waals surface area contributed by atoms with Crippen LogP contribution in [0.15, 0.2) is 41.1 Å². The maximum atomic E-state index is 13.6. The first-order valence-corrected chi connectivity index (χ1v) is 12.5. The third-order valence-corrected chi connectivity index (χ3v) is 7.29. The van der Waals surface area contributed by atoms with E-state index in [9.17, 15) is 14.7 Å². The van der Waals surface area contributed by atoms with Crippen LogP contribution in [0.25, 0.3) is 0 Å². The molecule has 0 radical (unpaired) electrons. The Bertz CT molecular complexity index is 1250. The number of carbonyl (C=O) groups excluding carboxylic acids is 2. The number of thiazole rings is 2. The normalized spacial score (nSPS) is 15.8. The van der Waals surface area contributed by atoms with E-state index in [0.717, 1.165) is 17.8 Å². The number of hydrogen-bond donors (Lipinski definition) is 1. The molecule has 1 atom stereocenters. The number of nitrogens with zero attached hydrogens (tertiary/aromatic N) is 3. The Morgan fingerprint density at radius 1 is 1.26 bits per heavy atom. The summed E-state index contributed by atoms with van der Waals surface area (Å²) in [5, 5.41) is 13.7. The summed E-state index contributed by atoms with van der Waals surface area (Å²) >= 11 is 2.48. The van der Waals surface area contributed by atoms with Crippen molar-refractivity contribution in [3.8, 4) is 11.5 Å². The van der Waals surface area contributed by atoms with Gasteiger partial charge in [0.2, 0.25) is 5.78 Å². The predicted octanol–water partition coefficient (Wildman–Crippen LogP) is 5.19. The second-order valence-corrected chi connectivity index (χ2v) is 9.82. The fourth-order valence-corrected chi connectivity index (χ4v) is 5.39. The highest BCUT2D eigenvalue weighted by Gasteiger charge is 2.46. The van der Waals surface area contributed by atoms with Gasteiger partial charge in [-0.3, -0.25) is 14.5 Å². The number of benzene rings is 1. The third kappa shape index (κ3) is 4.30. The van der Waals surface area contributed by atoms with Crippen LogP contribution in [0, 0.1) is 13.8 Å². The molecule has 178 valence electrons. The van der Waals surface area contributed by atoms with Crippen molar-refractivity contribution in [3.05, 3.63) is 62.3 Å². The first kappa shape index (κ1) is 23.9. The summed E-state index contributed by atoms with van der Waals surface area (Å²) in [6.07, 6.45) is 3.48. The molecule has 1 unspecified atom stereocenters. The number of aliphatic hydroxyl groups excluding tert-OH is 1. The molecule has 8 nitrogen and oxygen atoms in total. The standard InChI is InChI=1S/C24H25N3O5S2/c1-5-6-10-32-16-8-7-15(12-17(16)31-4)19-18(20(28)22-13(2)26-14(3)34-22)21(29)23(30)27(19)24-25-9-11-33-24/h7-9,11-12,19,29H,5-6,10H2,1-4H3. The minimum atomic E-state index is -0.883. The van der Waals surface area contributed by atoms with Crippen LogP contribution >= 0.6 is 22.7 Å². The van der Waals surface area contributed by atoms with Gasteiger partial charge in [-0.2, -0.15) is 0 Å². The summed E-state index contributed by atoms with van der Waals surface area (Å²) in [6.45, 7) is 6.18. The number of hydrogen-bond acceptors (Lipinski definition) is 9.